The topological polar surface area (TPSA) is 12.0 Å². The highest BCUT2D eigenvalue weighted by molar-refractivity contribution is 7.99. The molecule has 1 aliphatic carbocycles. The number of hydrogen-bond donors (Lipinski definition) is 1. The Kier molecular flexibility index (Phi) is 5.64. The van der Waals surface area contributed by atoms with Crippen LogP contribution in [0.1, 0.15) is 32.1 Å². The molecular weight excluding hydrogens is 283 g/mol. The Morgan fingerprint density at radius 2 is 1.80 bits per heavy atom. The molecule has 1 nitrogen and oxygen atoms in total. The highest BCUT2D eigenvalue weighted by Gasteiger charge is 2.27. The molecular formula is C15H20F3NS. The van der Waals surface area contributed by atoms with Crippen molar-refractivity contribution in [3.05, 3.63) is 24.3 Å². The molecule has 1 N–H and O–H groups in total. The van der Waals surface area contributed by atoms with Crippen LogP contribution in [0.2, 0.25) is 0 Å². The van der Waals surface area contributed by atoms with Gasteiger partial charge in [0, 0.05) is 17.1 Å². The summed E-state index contributed by atoms with van der Waals surface area (Å²) in [5, 5.41) is 3.33. The van der Waals surface area contributed by atoms with Crippen LogP contribution < -0.4 is 5.32 Å². The maximum Gasteiger partial charge on any atom is 0.398 e. The molecule has 0 aliphatic heterocycles. The van der Waals surface area contributed by atoms with Crippen LogP contribution in [0.25, 0.3) is 0 Å². The minimum atomic E-state index is -4.12. The average molecular weight is 303 g/mol. The van der Waals surface area contributed by atoms with E-state index in [1.54, 1.807) is 12.1 Å². The molecule has 0 heterocycles. The van der Waals surface area contributed by atoms with E-state index in [0.717, 1.165) is 24.0 Å². The van der Waals surface area contributed by atoms with E-state index in [1.165, 1.54) is 32.1 Å². The van der Waals surface area contributed by atoms with Crippen LogP contribution in [0.4, 0.5) is 18.9 Å². The number of halogens is 3. The van der Waals surface area contributed by atoms with Crippen molar-refractivity contribution in [2.45, 2.75) is 43.2 Å². The zero-order valence-electron chi connectivity index (χ0n) is 11.4. The standard InChI is InChI=1S/C15H20F3NS/c16-15(17,18)11-20-14-9-5-4-8-13(14)19-10-12-6-2-1-3-7-12/h4-5,8-9,12,19H,1-3,6-7,10-11H2. The van der Waals surface area contributed by atoms with Gasteiger partial charge < -0.3 is 5.32 Å². The van der Waals surface area contributed by atoms with Crippen molar-refractivity contribution in [2.24, 2.45) is 5.92 Å². The van der Waals surface area contributed by atoms with E-state index < -0.39 is 11.9 Å². The molecule has 112 valence electrons. The van der Waals surface area contributed by atoms with Gasteiger partial charge in [-0.1, -0.05) is 31.4 Å². The van der Waals surface area contributed by atoms with Gasteiger partial charge in [-0.2, -0.15) is 13.2 Å². The van der Waals surface area contributed by atoms with Gasteiger partial charge in [-0.15, -0.1) is 11.8 Å². The van der Waals surface area contributed by atoms with Gasteiger partial charge in [-0.05, 0) is 30.9 Å². The molecule has 5 heteroatoms. The lowest BCUT2D eigenvalue weighted by molar-refractivity contribution is -0.105. The highest BCUT2D eigenvalue weighted by atomic mass is 32.2. The van der Waals surface area contributed by atoms with Gasteiger partial charge in [-0.3, -0.25) is 0 Å². The zero-order valence-corrected chi connectivity index (χ0v) is 12.2. The molecule has 0 atom stereocenters. The van der Waals surface area contributed by atoms with E-state index in [2.05, 4.69) is 5.32 Å². The van der Waals surface area contributed by atoms with Crippen LogP contribution in [0.15, 0.2) is 29.2 Å². The fourth-order valence-electron chi connectivity index (χ4n) is 2.54. The number of para-hydroxylation sites is 1. The molecule has 2 rings (SSSR count). The summed E-state index contributed by atoms with van der Waals surface area (Å²) in [4.78, 5) is 0.681. The SMILES string of the molecule is FC(F)(F)CSc1ccccc1NCC1CCCCC1. The van der Waals surface area contributed by atoms with E-state index in [9.17, 15) is 13.2 Å². The van der Waals surface area contributed by atoms with Crippen LogP contribution in [0, 0.1) is 5.92 Å². The summed E-state index contributed by atoms with van der Waals surface area (Å²) in [6, 6.07) is 7.26. The van der Waals surface area contributed by atoms with Gasteiger partial charge in [0.05, 0.1) is 5.75 Å². The molecule has 0 bridgehead atoms. The van der Waals surface area contributed by atoms with E-state index in [0.29, 0.717) is 10.8 Å². The second-order valence-corrected chi connectivity index (χ2v) is 6.30. The van der Waals surface area contributed by atoms with Crippen LogP contribution in [-0.2, 0) is 0 Å². The average Bonchev–Trinajstić information content (AvgIpc) is 2.44. The summed E-state index contributed by atoms with van der Waals surface area (Å²) in [5.74, 6) is -0.181. The molecule has 1 aromatic rings. The largest absolute Gasteiger partial charge is 0.398 e. The fraction of sp³-hybridized carbons (Fsp3) is 0.600. The Balaban J connectivity index is 1.89. The molecule has 0 amide bonds. The first-order valence-corrected chi connectivity index (χ1v) is 8.05. The second-order valence-electron chi connectivity index (χ2n) is 5.28. The van der Waals surface area contributed by atoms with Crippen molar-refractivity contribution in [2.75, 3.05) is 17.6 Å². The second kappa shape index (κ2) is 7.25. The van der Waals surface area contributed by atoms with Gasteiger partial charge in [0.2, 0.25) is 0 Å². The first kappa shape index (κ1) is 15.5. The molecule has 1 aliphatic rings. The Labute approximate surface area is 122 Å². The molecule has 1 saturated carbocycles. The molecule has 0 spiro atoms. The molecule has 20 heavy (non-hydrogen) atoms. The van der Waals surface area contributed by atoms with Crippen LogP contribution in [-0.4, -0.2) is 18.5 Å². The molecule has 0 aromatic heterocycles. The lowest BCUT2D eigenvalue weighted by Gasteiger charge is -2.23. The molecule has 1 aromatic carbocycles. The smallest absolute Gasteiger partial charge is 0.384 e. The van der Waals surface area contributed by atoms with E-state index in [1.807, 2.05) is 12.1 Å². The van der Waals surface area contributed by atoms with Crippen molar-refractivity contribution in [1.82, 2.24) is 0 Å². The van der Waals surface area contributed by atoms with Crippen molar-refractivity contribution in [3.8, 4) is 0 Å². The number of hydrogen-bond acceptors (Lipinski definition) is 2. The Morgan fingerprint density at radius 3 is 2.50 bits per heavy atom. The van der Waals surface area contributed by atoms with Gasteiger partial charge >= 0.3 is 6.18 Å². The lowest BCUT2D eigenvalue weighted by Crippen LogP contribution is -2.17. The normalized spacial score (nSPS) is 17.1. The van der Waals surface area contributed by atoms with Crippen molar-refractivity contribution >= 4 is 17.4 Å². The zero-order chi connectivity index (χ0) is 14.4. The Hall–Kier alpha value is -0.840. The number of thioether (sulfide) groups is 1. The number of benzene rings is 1. The Bertz CT molecular complexity index is 414. The first-order valence-electron chi connectivity index (χ1n) is 7.07. The van der Waals surface area contributed by atoms with Gasteiger partial charge in [-0.25, -0.2) is 0 Å². The molecule has 0 saturated heterocycles. The minimum Gasteiger partial charge on any atom is -0.384 e. The summed E-state index contributed by atoms with van der Waals surface area (Å²) in [5.41, 5.74) is 0.826. The van der Waals surface area contributed by atoms with Gasteiger partial charge in [0.25, 0.3) is 0 Å². The number of anilines is 1. The van der Waals surface area contributed by atoms with Crippen LogP contribution in [0.5, 0.6) is 0 Å². The number of nitrogens with one attached hydrogen (secondary N) is 1. The van der Waals surface area contributed by atoms with Gasteiger partial charge in [0.1, 0.15) is 0 Å². The summed E-state index contributed by atoms with van der Waals surface area (Å²) >= 11 is 0.853. The third-order valence-electron chi connectivity index (χ3n) is 3.58. The minimum absolute atomic E-state index is 0.657. The van der Waals surface area contributed by atoms with Gasteiger partial charge in [0.15, 0.2) is 0 Å². The summed E-state index contributed by atoms with van der Waals surface area (Å²) in [6.07, 6.45) is 2.19. The maximum absolute atomic E-state index is 12.3. The quantitative estimate of drug-likeness (QED) is 0.737. The van der Waals surface area contributed by atoms with Crippen molar-refractivity contribution in [1.29, 1.82) is 0 Å². The van der Waals surface area contributed by atoms with Crippen molar-refractivity contribution < 1.29 is 13.2 Å². The molecule has 0 unspecified atom stereocenters. The third kappa shape index (κ3) is 5.27. The van der Waals surface area contributed by atoms with Crippen LogP contribution in [0.3, 0.4) is 0 Å². The molecule has 0 radical (unpaired) electrons. The summed E-state index contributed by atoms with van der Waals surface area (Å²) in [6.45, 7) is 0.865. The van der Waals surface area contributed by atoms with Crippen molar-refractivity contribution in [3.63, 3.8) is 0 Å². The third-order valence-corrected chi connectivity index (χ3v) is 4.72. The fourth-order valence-corrected chi connectivity index (χ4v) is 3.33. The van der Waals surface area contributed by atoms with Crippen LogP contribution >= 0.6 is 11.8 Å². The summed E-state index contributed by atoms with van der Waals surface area (Å²) < 4.78 is 36.9. The lowest BCUT2D eigenvalue weighted by atomic mass is 9.89. The highest BCUT2D eigenvalue weighted by Crippen LogP contribution is 2.32. The van der Waals surface area contributed by atoms with E-state index in [4.69, 9.17) is 0 Å². The van der Waals surface area contributed by atoms with E-state index in [-0.39, 0.29) is 0 Å². The summed E-state index contributed by atoms with van der Waals surface area (Å²) in [7, 11) is 0. The molecule has 1 fully saturated rings. The number of alkyl halides is 3. The first-order chi connectivity index (χ1) is 9.54. The predicted molar refractivity (Wildman–Crippen MR) is 78.3 cm³/mol. The number of rotatable bonds is 5. The Morgan fingerprint density at radius 1 is 1.10 bits per heavy atom. The van der Waals surface area contributed by atoms with E-state index >= 15 is 0 Å². The predicted octanol–water partition coefficient (Wildman–Crippen LogP) is 5.33. The maximum atomic E-state index is 12.3. The monoisotopic (exact) mass is 303 g/mol.